The minimum Gasteiger partial charge on any atom is -0.508 e. The fourth-order valence-electron chi connectivity index (χ4n) is 3.75. The van der Waals surface area contributed by atoms with E-state index >= 15 is 0 Å². The molecule has 2 aromatic carbocycles. The van der Waals surface area contributed by atoms with Crippen LogP contribution in [0, 0.1) is 0 Å². The highest BCUT2D eigenvalue weighted by Gasteiger charge is 2.41. The number of hydrogen-bond acceptors (Lipinski definition) is 7. The number of phenolic OH excluding ortho intramolecular Hbond substituents is 1. The molecule has 1 heterocycles. The summed E-state index contributed by atoms with van der Waals surface area (Å²) in [6.45, 7) is 3.10. The lowest BCUT2D eigenvalue weighted by Gasteiger charge is -2.31. The Hall–Kier alpha value is -2.87. The number of carbonyl (C=O) groups is 1. The van der Waals surface area contributed by atoms with Gasteiger partial charge in [0.05, 0.1) is 12.2 Å². The van der Waals surface area contributed by atoms with E-state index in [0.717, 1.165) is 0 Å². The van der Waals surface area contributed by atoms with Crippen molar-refractivity contribution in [2.45, 2.75) is 31.5 Å². The number of benzene rings is 2. The van der Waals surface area contributed by atoms with Crippen molar-refractivity contribution in [1.29, 1.82) is 0 Å². The molecule has 4 N–H and O–H groups in total. The summed E-state index contributed by atoms with van der Waals surface area (Å²) >= 11 is 0. The van der Waals surface area contributed by atoms with Crippen LogP contribution in [0.4, 0.5) is 0 Å². The van der Waals surface area contributed by atoms with Crippen LogP contribution in [0.1, 0.15) is 41.1 Å². The van der Waals surface area contributed by atoms with E-state index in [1.54, 1.807) is 24.3 Å². The van der Waals surface area contributed by atoms with Gasteiger partial charge in [-0.3, -0.25) is 4.79 Å². The van der Waals surface area contributed by atoms with Crippen LogP contribution in [0.15, 0.2) is 40.8 Å². The average molecular weight is 398 g/mol. The van der Waals surface area contributed by atoms with Crippen molar-refractivity contribution in [3.63, 3.8) is 0 Å². The van der Waals surface area contributed by atoms with Crippen molar-refractivity contribution in [2.24, 2.45) is 0 Å². The molecular weight excluding hydrogens is 376 g/mol. The predicted molar refractivity (Wildman–Crippen MR) is 104 cm³/mol. The van der Waals surface area contributed by atoms with Gasteiger partial charge in [0.2, 0.25) is 0 Å². The first kappa shape index (κ1) is 19.4. The van der Waals surface area contributed by atoms with Gasteiger partial charge >= 0.3 is 0 Å². The maximum absolute atomic E-state index is 13.2. The Morgan fingerprint density at radius 1 is 1.10 bits per heavy atom. The SMILES string of the molecule is CC1(C)c2cc(OCC(O)[C@H](O)CO)ccc2C(=O)c2c1oc1cc(O)ccc21. The molecular formula is C22H22O7. The monoisotopic (exact) mass is 398 g/mol. The number of fused-ring (bicyclic) bond motifs is 4. The summed E-state index contributed by atoms with van der Waals surface area (Å²) in [6.07, 6.45) is -2.53. The molecule has 7 nitrogen and oxygen atoms in total. The summed E-state index contributed by atoms with van der Waals surface area (Å²) in [7, 11) is 0. The van der Waals surface area contributed by atoms with Gasteiger partial charge in [0.15, 0.2) is 5.78 Å². The van der Waals surface area contributed by atoms with Crippen molar-refractivity contribution in [3.8, 4) is 11.5 Å². The second kappa shape index (κ2) is 6.88. The largest absolute Gasteiger partial charge is 0.508 e. The van der Waals surface area contributed by atoms with E-state index in [2.05, 4.69) is 0 Å². The normalized spacial score (nSPS) is 16.9. The summed E-state index contributed by atoms with van der Waals surface area (Å²) < 4.78 is 11.5. The molecule has 2 atom stereocenters. The fraction of sp³-hybridized carbons (Fsp3) is 0.318. The second-order valence-corrected chi connectivity index (χ2v) is 7.78. The summed E-state index contributed by atoms with van der Waals surface area (Å²) in [6, 6.07) is 9.72. The van der Waals surface area contributed by atoms with Crippen molar-refractivity contribution in [2.75, 3.05) is 13.2 Å². The molecule has 0 aliphatic heterocycles. The molecule has 1 aliphatic rings. The van der Waals surface area contributed by atoms with Gasteiger partial charge < -0.3 is 29.6 Å². The summed E-state index contributed by atoms with van der Waals surface area (Å²) in [4.78, 5) is 13.2. The average Bonchev–Trinajstić information content (AvgIpc) is 3.09. The zero-order valence-electron chi connectivity index (χ0n) is 16.0. The molecule has 0 radical (unpaired) electrons. The van der Waals surface area contributed by atoms with Crippen LogP contribution in [0.5, 0.6) is 11.5 Å². The number of ketones is 1. The lowest BCUT2D eigenvalue weighted by Crippen LogP contribution is -2.34. The minimum atomic E-state index is -1.29. The summed E-state index contributed by atoms with van der Waals surface area (Å²) in [5.74, 6) is 0.834. The maximum Gasteiger partial charge on any atom is 0.197 e. The minimum absolute atomic E-state index is 0.0608. The lowest BCUT2D eigenvalue weighted by molar-refractivity contribution is -0.0339. The van der Waals surface area contributed by atoms with E-state index in [4.69, 9.17) is 14.3 Å². The number of hydrogen-bond donors (Lipinski definition) is 4. The number of aliphatic hydroxyl groups excluding tert-OH is 3. The van der Waals surface area contributed by atoms with Crippen LogP contribution in [0.3, 0.4) is 0 Å². The molecule has 0 amide bonds. The smallest absolute Gasteiger partial charge is 0.197 e. The highest BCUT2D eigenvalue weighted by Crippen LogP contribution is 2.46. The Morgan fingerprint density at radius 3 is 2.59 bits per heavy atom. The van der Waals surface area contributed by atoms with Gasteiger partial charge in [0.1, 0.15) is 41.7 Å². The van der Waals surface area contributed by atoms with Gasteiger partial charge in [-0.25, -0.2) is 0 Å². The molecule has 3 aromatic rings. The van der Waals surface area contributed by atoms with E-state index in [0.29, 0.717) is 39.2 Å². The number of ether oxygens (including phenoxy) is 1. The van der Waals surface area contributed by atoms with Gasteiger partial charge in [-0.2, -0.15) is 0 Å². The zero-order chi connectivity index (χ0) is 20.9. The van der Waals surface area contributed by atoms with Crippen LogP contribution in [-0.2, 0) is 5.41 Å². The third-order valence-electron chi connectivity index (χ3n) is 5.43. The number of rotatable bonds is 5. The van der Waals surface area contributed by atoms with Crippen molar-refractivity contribution >= 4 is 16.8 Å². The molecule has 0 saturated heterocycles. The molecule has 29 heavy (non-hydrogen) atoms. The Balaban J connectivity index is 1.74. The molecule has 1 aromatic heterocycles. The molecule has 0 spiro atoms. The molecule has 1 aliphatic carbocycles. The number of aromatic hydroxyl groups is 1. The van der Waals surface area contributed by atoms with Crippen molar-refractivity contribution in [3.05, 3.63) is 58.8 Å². The highest BCUT2D eigenvalue weighted by atomic mass is 16.5. The Bertz CT molecular complexity index is 1100. The van der Waals surface area contributed by atoms with Gasteiger partial charge in [-0.15, -0.1) is 0 Å². The summed E-state index contributed by atoms with van der Waals surface area (Å²) in [5, 5.41) is 38.5. The Labute approximate surface area is 166 Å². The van der Waals surface area contributed by atoms with Crippen LogP contribution in [-0.4, -0.2) is 51.6 Å². The van der Waals surface area contributed by atoms with Gasteiger partial charge in [-0.1, -0.05) is 0 Å². The second-order valence-electron chi connectivity index (χ2n) is 7.78. The highest BCUT2D eigenvalue weighted by molar-refractivity contribution is 6.19. The van der Waals surface area contributed by atoms with E-state index in [-0.39, 0.29) is 18.1 Å². The first-order valence-corrected chi connectivity index (χ1v) is 9.29. The number of furan rings is 1. The van der Waals surface area contributed by atoms with Gasteiger partial charge in [-0.05, 0) is 49.7 Å². The van der Waals surface area contributed by atoms with E-state index in [1.165, 1.54) is 12.1 Å². The lowest BCUT2D eigenvalue weighted by atomic mass is 9.71. The molecule has 7 heteroatoms. The standard InChI is InChI=1S/C22H22O7/c1-22(2)15-8-12(28-10-17(26)16(25)9-23)4-6-13(15)20(27)19-14-5-3-11(24)7-18(14)29-21(19)22/h3-8,16-17,23-26H,9-10H2,1-2H3/t16-,17?/m1/s1. The third-order valence-corrected chi connectivity index (χ3v) is 5.43. The third kappa shape index (κ3) is 3.07. The molecule has 4 rings (SSSR count). The van der Waals surface area contributed by atoms with Crippen LogP contribution in [0.2, 0.25) is 0 Å². The number of carbonyl (C=O) groups excluding carboxylic acids is 1. The van der Waals surface area contributed by atoms with E-state index in [1.807, 2.05) is 13.8 Å². The van der Waals surface area contributed by atoms with Crippen molar-refractivity contribution < 1.29 is 34.4 Å². The van der Waals surface area contributed by atoms with E-state index < -0.39 is 24.2 Å². The fourth-order valence-corrected chi connectivity index (χ4v) is 3.75. The van der Waals surface area contributed by atoms with Crippen LogP contribution < -0.4 is 4.74 Å². The van der Waals surface area contributed by atoms with Gasteiger partial charge in [0.25, 0.3) is 0 Å². The predicted octanol–water partition coefficient (Wildman–Crippen LogP) is 2.10. The Kier molecular flexibility index (Phi) is 4.61. The van der Waals surface area contributed by atoms with Crippen molar-refractivity contribution in [1.82, 2.24) is 0 Å². The molecule has 152 valence electrons. The first-order valence-electron chi connectivity index (χ1n) is 9.29. The number of aliphatic hydroxyl groups is 3. The first-order chi connectivity index (χ1) is 13.7. The molecule has 0 fully saturated rings. The molecule has 0 bridgehead atoms. The van der Waals surface area contributed by atoms with Crippen LogP contribution in [0.25, 0.3) is 11.0 Å². The molecule has 1 unspecified atom stereocenters. The molecule has 0 saturated carbocycles. The zero-order valence-corrected chi connectivity index (χ0v) is 16.0. The number of phenols is 1. The quantitative estimate of drug-likeness (QED) is 0.519. The van der Waals surface area contributed by atoms with Crippen LogP contribution >= 0.6 is 0 Å². The summed E-state index contributed by atoms with van der Waals surface area (Å²) in [5.41, 5.74) is 1.54. The Morgan fingerprint density at radius 2 is 1.86 bits per heavy atom. The maximum atomic E-state index is 13.2. The van der Waals surface area contributed by atoms with Gasteiger partial charge in [0, 0.05) is 22.4 Å². The van der Waals surface area contributed by atoms with E-state index in [9.17, 15) is 20.1 Å². The topological polar surface area (TPSA) is 120 Å².